The van der Waals surface area contributed by atoms with E-state index in [0.717, 1.165) is 17.5 Å². The van der Waals surface area contributed by atoms with Gasteiger partial charge in [0.1, 0.15) is 0 Å². The Morgan fingerprint density at radius 3 is 2.92 bits per heavy atom. The van der Waals surface area contributed by atoms with Crippen molar-refractivity contribution in [1.29, 1.82) is 0 Å². The van der Waals surface area contributed by atoms with Crippen molar-refractivity contribution in [3.05, 3.63) is 11.8 Å². The number of rotatable bonds is 3. The molecule has 12 heavy (non-hydrogen) atoms. The Hall–Kier alpha value is -0.510. The Kier molecular flexibility index (Phi) is 2.35. The summed E-state index contributed by atoms with van der Waals surface area (Å²) in [4.78, 5) is 0. The van der Waals surface area contributed by atoms with Crippen LogP contribution in [0.5, 0.6) is 0 Å². The van der Waals surface area contributed by atoms with E-state index in [-0.39, 0.29) is 0 Å². The van der Waals surface area contributed by atoms with Gasteiger partial charge in [0.15, 0.2) is 0 Å². The van der Waals surface area contributed by atoms with Gasteiger partial charge < -0.3 is 4.42 Å². The van der Waals surface area contributed by atoms with Crippen LogP contribution >= 0.6 is 11.8 Å². The van der Waals surface area contributed by atoms with E-state index in [1.807, 2.05) is 6.26 Å². The predicted octanol–water partition coefficient (Wildman–Crippen LogP) is 2.20. The van der Waals surface area contributed by atoms with Gasteiger partial charge in [0.25, 0.3) is 0 Å². The molecule has 0 N–H and O–H groups in total. The zero-order chi connectivity index (χ0) is 8.39. The molecule has 1 saturated carbocycles. The molecule has 0 amide bonds. The van der Waals surface area contributed by atoms with Gasteiger partial charge >= 0.3 is 0 Å². The SMILES string of the molecule is CSCc1nnc(C2CCC2)o1. The summed E-state index contributed by atoms with van der Waals surface area (Å²) in [6, 6.07) is 0. The first-order valence-corrected chi connectivity index (χ1v) is 5.60. The highest BCUT2D eigenvalue weighted by Gasteiger charge is 2.24. The molecular weight excluding hydrogens is 172 g/mol. The molecule has 0 unspecified atom stereocenters. The average Bonchev–Trinajstić information content (AvgIpc) is 2.34. The zero-order valence-electron chi connectivity index (χ0n) is 7.12. The molecule has 0 bridgehead atoms. The van der Waals surface area contributed by atoms with Crippen molar-refractivity contribution in [1.82, 2.24) is 10.2 Å². The predicted molar refractivity (Wildman–Crippen MR) is 48.1 cm³/mol. The first-order valence-electron chi connectivity index (χ1n) is 4.21. The summed E-state index contributed by atoms with van der Waals surface area (Å²) < 4.78 is 5.48. The summed E-state index contributed by atoms with van der Waals surface area (Å²) in [7, 11) is 0. The molecule has 1 fully saturated rings. The number of aromatic nitrogens is 2. The first kappa shape index (κ1) is 8.10. The molecule has 0 aromatic carbocycles. The molecule has 0 radical (unpaired) electrons. The Labute approximate surface area is 75.9 Å². The number of nitrogens with zero attached hydrogens (tertiary/aromatic N) is 2. The van der Waals surface area contributed by atoms with Gasteiger partial charge in [0.05, 0.1) is 5.75 Å². The van der Waals surface area contributed by atoms with Crippen LogP contribution < -0.4 is 0 Å². The van der Waals surface area contributed by atoms with Crippen molar-refractivity contribution in [3.63, 3.8) is 0 Å². The normalized spacial score (nSPS) is 17.8. The summed E-state index contributed by atoms with van der Waals surface area (Å²) in [6.07, 6.45) is 5.79. The van der Waals surface area contributed by atoms with Crippen LogP contribution in [0.25, 0.3) is 0 Å². The Morgan fingerprint density at radius 2 is 2.33 bits per heavy atom. The van der Waals surface area contributed by atoms with Crippen LogP contribution in [0.15, 0.2) is 4.42 Å². The Morgan fingerprint density at radius 1 is 1.50 bits per heavy atom. The zero-order valence-corrected chi connectivity index (χ0v) is 7.93. The number of thioether (sulfide) groups is 1. The molecule has 4 heteroatoms. The van der Waals surface area contributed by atoms with Crippen molar-refractivity contribution in [2.75, 3.05) is 6.26 Å². The molecule has 1 aliphatic rings. The second kappa shape index (κ2) is 3.47. The van der Waals surface area contributed by atoms with Crippen molar-refractivity contribution in [2.45, 2.75) is 30.9 Å². The molecule has 1 aromatic heterocycles. The Balaban J connectivity index is 2.02. The van der Waals surface area contributed by atoms with Crippen LogP contribution in [-0.4, -0.2) is 16.5 Å². The summed E-state index contributed by atoms with van der Waals surface area (Å²) in [6.45, 7) is 0. The lowest BCUT2D eigenvalue weighted by atomic mass is 9.85. The smallest absolute Gasteiger partial charge is 0.226 e. The lowest BCUT2D eigenvalue weighted by Crippen LogP contribution is -2.08. The average molecular weight is 184 g/mol. The highest BCUT2D eigenvalue weighted by atomic mass is 32.2. The second-order valence-corrected chi connectivity index (χ2v) is 3.96. The van der Waals surface area contributed by atoms with Gasteiger partial charge in [-0.1, -0.05) is 6.42 Å². The fraction of sp³-hybridized carbons (Fsp3) is 0.750. The summed E-state index contributed by atoms with van der Waals surface area (Å²) in [5.41, 5.74) is 0. The van der Waals surface area contributed by atoms with Crippen molar-refractivity contribution in [3.8, 4) is 0 Å². The van der Waals surface area contributed by atoms with Crippen LogP contribution in [-0.2, 0) is 5.75 Å². The largest absolute Gasteiger partial charge is 0.424 e. The van der Waals surface area contributed by atoms with Crippen LogP contribution in [0.1, 0.15) is 37.0 Å². The highest BCUT2D eigenvalue weighted by molar-refractivity contribution is 7.97. The van der Waals surface area contributed by atoms with Gasteiger partial charge in [-0.25, -0.2) is 0 Å². The summed E-state index contributed by atoms with van der Waals surface area (Å²) in [5, 5.41) is 8.00. The third kappa shape index (κ3) is 1.48. The quantitative estimate of drug-likeness (QED) is 0.722. The minimum atomic E-state index is 0.563. The second-order valence-electron chi connectivity index (χ2n) is 3.09. The van der Waals surface area contributed by atoms with Crippen molar-refractivity contribution >= 4 is 11.8 Å². The summed E-state index contributed by atoms with van der Waals surface area (Å²) in [5.74, 6) is 3.02. The standard InChI is InChI=1S/C8H12N2OS/c1-12-5-7-9-10-8(11-7)6-3-2-4-6/h6H,2-5H2,1H3. The minimum Gasteiger partial charge on any atom is -0.424 e. The van der Waals surface area contributed by atoms with Crippen LogP contribution in [0.3, 0.4) is 0 Å². The maximum absolute atomic E-state index is 5.48. The van der Waals surface area contributed by atoms with Gasteiger partial charge in [0.2, 0.25) is 11.8 Å². The molecule has 66 valence electrons. The van der Waals surface area contributed by atoms with E-state index in [1.54, 1.807) is 11.8 Å². The van der Waals surface area contributed by atoms with E-state index < -0.39 is 0 Å². The third-order valence-corrected chi connectivity index (χ3v) is 2.74. The van der Waals surface area contributed by atoms with Gasteiger partial charge in [-0.3, -0.25) is 0 Å². The molecule has 2 rings (SSSR count). The van der Waals surface area contributed by atoms with E-state index in [2.05, 4.69) is 10.2 Å². The topological polar surface area (TPSA) is 38.9 Å². The van der Waals surface area contributed by atoms with E-state index in [1.165, 1.54) is 19.3 Å². The van der Waals surface area contributed by atoms with Gasteiger partial charge in [-0.15, -0.1) is 10.2 Å². The summed E-state index contributed by atoms with van der Waals surface area (Å²) >= 11 is 1.71. The third-order valence-electron chi connectivity index (χ3n) is 2.20. The maximum atomic E-state index is 5.48. The molecule has 1 aliphatic carbocycles. The van der Waals surface area contributed by atoms with E-state index in [9.17, 15) is 0 Å². The van der Waals surface area contributed by atoms with Crippen molar-refractivity contribution in [2.24, 2.45) is 0 Å². The van der Waals surface area contributed by atoms with Crippen molar-refractivity contribution < 1.29 is 4.42 Å². The first-order chi connectivity index (χ1) is 5.90. The molecule has 1 heterocycles. The van der Waals surface area contributed by atoms with Crippen LogP contribution in [0, 0.1) is 0 Å². The lowest BCUT2D eigenvalue weighted by molar-refractivity contribution is 0.328. The number of hydrogen-bond acceptors (Lipinski definition) is 4. The maximum Gasteiger partial charge on any atom is 0.226 e. The van der Waals surface area contributed by atoms with E-state index in [4.69, 9.17) is 4.42 Å². The lowest BCUT2D eigenvalue weighted by Gasteiger charge is -2.20. The van der Waals surface area contributed by atoms with Gasteiger partial charge in [0, 0.05) is 5.92 Å². The molecule has 0 spiro atoms. The van der Waals surface area contributed by atoms with Gasteiger partial charge in [-0.05, 0) is 19.1 Å². The molecule has 0 saturated heterocycles. The molecule has 0 aliphatic heterocycles. The highest BCUT2D eigenvalue weighted by Crippen LogP contribution is 2.35. The fourth-order valence-corrected chi connectivity index (χ4v) is 1.63. The fourth-order valence-electron chi connectivity index (χ4n) is 1.27. The number of hydrogen-bond donors (Lipinski definition) is 0. The molecular formula is C8H12N2OS. The minimum absolute atomic E-state index is 0.563. The van der Waals surface area contributed by atoms with Gasteiger partial charge in [-0.2, -0.15) is 11.8 Å². The van der Waals surface area contributed by atoms with Crippen LogP contribution in [0.2, 0.25) is 0 Å². The molecule has 3 nitrogen and oxygen atoms in total. The van der Waals surface area contributed by atoms with E-state index in [0.29, 0.717) is 5.92 Å². The van der Waals surface area contributed by atoms with E-state index >= 15 is 0 Å². The molecule has 1 aromatic rings. The molecule has 0 atom stereocenters. The Bertz CT molecular complexity index is 257. The van der Waals surface area contributed by atoms with Crippen LogP contribution in [0.4, 0.5) is 0 Å². The monoisotopic (exact) mass is 184 g/mol.